The third-order valence-electron chi connectivity index (χ3n) is 6.63. The molecule has 1 heterocycles. The molecule has 0 aromatic heterocycles. The predicted molar refractivity (Wildman–Crippen MR) is 82.7 cm³/mol. The van der Waals surface area contributed by atoms with Crippen LogP contribution in [-0.2, 0) is 4.74 Å². The molecular weight excluding hydrogens is 231 g/mol. The van der Waals surface area contributed by atoms with Gasteiger partial charge < -0.3 is 4.74 Å². The molecular formula is C17H31BO. The van der Waals surface area contributed by atoms with Crippen LogP contribution in [0, 0.1) is 29.6 Å². The highest BCUT2D eigenvalue weighted by Crippen LogP contribution is 2.53. The van der Waals surface area contributed by atoms with E-state index in [2.05, 4.69) is 6.92 Å². The Labute approximate surface area is 119 Å². The second-order valence-electron chi connectivity index (χ2n) is 7.58. The van der Waals surface area contributed by atoms with E-state index in [0.29, 0.717) is 0 Å². The van der Waals surface area contributed by atoms with E-state index >= 15 is 0 Å². The van der Waals surface area contributed by atoms with E-state index in [1.54, 1.807) is 12.8 Å². The Morgan fingerprint density at radius 3 is 2.05 bits per heavy atom. The van der Waals surface area contributed by atoms with Gasteiger partial charge in [0.25, 0.3) is 0 Å². The largest absolute Gasteiger partial charge is 0.393 e. The number of hydrogen-bond acceptors (Lipinski definition) is 1. The lowest BCUT2D eigenvalue weighted by Gasteiger charge is -2.51. The normalized spacial score (nSPS) is 28.4. The summed E-state index contributed by atoms with van der Waals surface area (Å²) in [5, 5.41) is 0. The third-order valence-corrected chi connectivity index (χ3v) is 6.63. The third kappa shape index (κ3) is 2.75. The monoisotopic (exact) mass is 262 g/mol. The molecule has 0 bridgehead atoms. The van der Waals surface area contributed by atoms with E-state index in [0.717, 1.165) is 42.8 Å². The summed E-state index contributed by atoms with van der Waals surface area (Å²) in [6, 6.07) is 0. The Balaban J connectivity index is 1.60. The van der Waals surface area contributed by atoms with Crippen molar-refractivity contribution in [2.45, 2.75) is 64.5 Å². The number of methoxy groups -OCH3 is 1. The first-order valence-corrected chi connectivity index (χ1v) is 8.82. The topological polar surface area (TPSA) is 9.23 Å². The first-order chi connectivity index (χ1) is 9.33. The summed E-state index contributed by atoms with van der Waals surface area (Å²) in [7, 11) is 1.86. The van der Waals surface area contributed by atoms with Crippen molar-refractivity contribution >= 4 is 6.71 Å². The smallest absolute Gasteiger partial charge is 0.172 e. The van der Waals surface area contributed by atoms with Gasteiger partial charge in [-0.1, -0.05) is 70.4 Å². The molecule has 3 aliphatic rings. The van der Waals surface area contributed by atoms with Gasteiger partial charge in [-0.2, -0.15) is 0 Å². The fourth-order valence-electron chi connectivity index (χ4n) is 5.17. The molecule has 2 heteroatoms. The van der Waals surface area contributed by atoms with Crippen molar-refractivity contribution in [3.63, 3.8) is 0 Å². The average molecular weight is 262 g/mol. The van der Waals surface area contributed by atoms with Crippen LogP contribution in [0.1, 0.15) is 51.9 Å². The molecule has 1 saturated heterocycles. The Morgan fingerprint density at radius 1 is 1.00 bits per heavy atom. The van der Waals surface area contributed by atoms with Crippen LogP contribution < -0.4 is 0 Å². The van der Waals surface area contributed by atoms with Gasteiger partial charge in [0, 0.05) is 13.6 Å². The summed E-state index contributed by atoms with van der Waals surface area (Å²) in [5.41, 5.74) is 0. The molecule has 19 heavy (non-hydrogen) atoms. The van der Waals surface area contributed by atoms with E-state index in [1.165, 1.54) is 44.7 Å². The Hall–Kier alpha value is 0.0249. The SMILES string of the molecule is CCC(C1CCC1)C(C1CCC1)C1CB(COC)C1. The molecule has 0 aromatic rings. The lowest BCUT2D eigenvalue weighted by Crippen LogP contribution is -2.47. The average Bonchev–Trinajstić information content (AvgIpc) is 2.23. The molecule has 1 aliphatic heterocycles. The van der Waals surface area contributed by atoms with Crippen LogP contribution in [0.5, 0.6) is 0 Å². The molecule has 3 fully saturated rings. The minimum atomic E-state index is 0.886. The van der Waals surface area contributed by atoms with Crippen molar-refractivity contribution in [2.75, 3.05) is 13.6 Å². The molecule has 0 spiro atoms. The summed E-state index contributed by atoms with van der Waals surface area (Å²) in [4.78, 5) is 0. The minimum Gasteiger partial charge on any atom is -0.393 e. The molecule has 1 nitrogen and oxygen atoms in total. The standard InChI is InChI=1S/C17H31BO/c1-3-16(13-6-4-7-13)17(14-8-5-9-14)15-10-18(11-15)12-19-2/h13-17H,3-12H2,1-2H3. The van der Waals surface area contributed by atoms with Crippen LogP contribution in [0.2, 0.25) is 12.6 Å². The summed E-state index contributed by atoms with van der Waals surface area (Å²) in [6.45, 7) is 4.35. The number of rotatable bonds is 7. The van der Waals surface area contributed by atoms with Crippen molar-refractivity contribution < 1.29 is 4.74 Å². The van der Waals surface area contributed by atoms with E-state index < -0.39 is 0 Å². The maximum absolute atomic E-state index is 5.34. The molecule has 3 rings (SSSR count). The molecule has 2 atom stereocenters. The van der Waals surface area contributed by atoms with Gasteiger partial charge in [-0.25, -0.2) is 0 Å². The molecule has 0 N–H and O–H groups in total. The van der Waals surface area contributed by atoms with Crippen LogP contribution in [0.4, 0.5) is 0 Å². The van der Waals surface area contributed by atoms with Crippen LogP contribution >= 0.6 is 0 Å². The number of hydrogen-bond donors (Lipinski definition) is 0. The zero-order valence-corrected chi connectivity index (χ0v) is 12.9. The van der Waals surface area contributed by atoms with E-state index in [9.17, 15) is 0 Å². The van der Waals surface area contributed by atoms with Gasteiger partial charge in [0.2, 0.25) is 0 Å². The van der Waals surface area contributed by atoms with Gasteiger partial charge in [-0.3, -0.25) is 0 Å². The Kier molecular flexibility index (Phi) is 4.56. The highest BCUT2D eigenvalue weighted by atomic mass is 16.5. The first-order valence-electron chi connectivity index (χ1n) is 8.82. The second-order valence-corrected chi connectivity index (χ2v) is 7.58. The van der Waals surface area contributed by atoms with Gasteiger partial charge in [0.15, 0.2) is 6.71 Å². The fourth-order valence-corrected chi connectivity index (χ4v) is 5.17. The molecule has 0 amide bonds. The minimum absolute atomic E-state index is 0.886. The Morgan fingerprint density at radius 2 is 1.63 bits per heavy atom. The van der Waals surface area contributed by atoms with E-state index in [1.807, 2.05) is 7.11 Å². The quantitative estimate of drug-likeness (QED) is 0.612. The van der Waals surface area contributed by atoms with E-state index in [-0.39, 0.29) is 0 Å². The van der Waals surface area contributed by atoms with Crippen LogP contribution in [0.15, 0.2) is 0 Å². The Bertz CT molecular complexity index is 279. The van der Waals surface area contributed by atoms with Gasteiger partial charge >= 0.3 is 0 Å². The second kappa shape index (κ2) is 6.20. The molecule has 2 aliphatic carbocycles. The summed E-state index contributed by atoms with van der Waals surface area (Å²) in [5.74, 6) is 5.39. The highest BCUT2D eigenvalue weighted by Gasteiger charge is 2.46. The van der Waals surface area contributed by atoms with Crippen molar-refractivity contribution in [3.8, 4) is 0 Å². The van der Waals surface area contributed by atoms with Crippen LogP contribution in [0.25, 0.3) is 0 Å². The van der Waals surface area contributed by atoms with Crippen LogP contribution in [0.3, 0.4) is 0 Å². The zero-order valence-electron chi connectivity index (χ0n) is 12.9. The molecule has 0 radical (unpaired) electrons. The van der Waals surface area contributed by atoms with Crippen molar-refractivity contribution in [1.82, 2.24) is 0 Å². The molecule has 108 valence electrons. The maximum atomic E-state index is 5.34. The van der Waals surface area contributed by atoms with E-state index in [4.69, 9.17) is 4.74 Å². The summed E-state index contributed by atoms with van der Waals surface area (Å²) < 4.78 is 5.34. The predicted octanol–water partition coefficient (Wildman–Crippen LogP) is 4.54. The fraction of sp³-hybridized carbons (Fsp3) is 1.00. The lowest BCUT2D eigenvalue weighted by molar-refractivity contribution is 0.0298. The molecule has 0 aromatic carbocycles. The van der Waals surface area contributed by atoms with Crippen molar-refractivity contribution in [1.29, 1.82) is 0 Å². The van der Waals surface area contributed by atoms with Crippen molar-refractivity contribution in [2.24, 2.45) is 29.6 Å². The summed E-state index contributed by atoms with van der Waals surface area (Å²) >= 11 is 0. The van der Waals surface area contributed by atoms with Gasteiger partial charge in [0.1, 0.15) is 0 Å². The van der Waals surface area contributed by atoms with Gasteiger partial charge in [0.05, 0.1) is 0 Å². The number of ether oxygens (including phenoxy) is 1. The maximum Gasteiger partial charge on any atom is 0.172 e. The zero-order chi connectivity index (χ0) is 13.2. The summed E-state index contributed by atoms with van der Waals surface area (Å²) in [6.07, 6.45) is 13.6. The molecule has 2 saturated carbocycles. The van der Waals surface area contributed by atoms with Crippen LogP contribution in [-0.4, -0.2) is 20.3 Å². The highest BCUT2D eigenvalue weighted by molar-refractivity contribution is 6.61. The molecule has 2 unspecified atom stereocenters. The first kappa shape index (κ1) is 14.0. The van der Waals surface area contributed by atoms with Gasteiger partial charge in [-0.05, 0) is 23.7 Å². The van der Waals surface area contributed by atoms with Gasteiger partial charge in [-0.15, -0.1) is 0 Å². The van der Waals surface area contributed by atoms with Crippen molar-refractivity contribution in [3.05, 3.63) is 0 Å². The lowest BCUT2D eigenvalue weighted by atomic mass is 9.29.